The van der Waals surface area contributed by atoms with Gasteiger partial charge < -0.3 is 25.0 Å². The van der Waals surface area contributed by atoms with E-state index in [1.807, 2.05) is 19.2 Å². The van der Waals surface area contributed by atoms with Crippen LogP contribution in [0.15, 0.2) is 23.2 Å². The first kappa shape index (κ1) is 21.4. The highest BCUT2D eigenvalue weighted by Gasteiger charge is 2.14. The highest BCUT2D eigenvalue weighted by atomic mass is 16.5. The number of likely N-dealkylation sites (tertiary alicyclic amines) is 1. The standard InChI is InChI=1S/C21H36N4O2/c1-17-9-14-25(15-10-17)13-5-11-23-21(22-2)24-12-8-18-6-7-19(26-3)20(16-18)27-4/h6-7,16-17H,5,8-15H2,1-4H3,(H2,22,23,24). The maximum absolute atomic E-state index is 5.36. The molecule has 152 valence electrons. The highest BCUT2D eigenvalue weighted by Crippen LogP contribution is 2.27. The van der Waals surface area contributed by atoms with Crippen LogP contribution < -0.4 is 20.1 Å². The maximum atomic E-state index is 5.36. The second-order valence-electron chi connectivity index (χ2n) is 7.24. The van der Waals surface area contributed by atoms with Gasteiger partial charge in [-0.05, 0) is 68.9 Å². The molecule has 2 rings (SSSR count). The Hall–Kier alpha value is -1.95. The van der Waals surface area contributed by atoms with Crippen LogP contribution in [0, 0.1) is 5.92 Å². The van der Waals surface area contributed by atoms with Crippen molar-refractivity contribution in [3.8, 4) is 11.5 Å². The van der Waals surface area contributed by atoms with E-state index in [-0.39, 0.29) is 0 Å². The minimum absolute atomic E-state index is 0.759. The average Bonchev–Trinajstić information content (AvgIpc) is 2.70. The summed E-state index contributed by atoms with van der Waals surface area (Å²) in [5.74, 6) is 3.29. The van der Waals surface area contributed by atoms with Crippen LogP contribution in [-0.4, -0.2) is 64.9 Å². The van der Waals surface area contributed by atoms with Gasteiger partial charge in [0.25, 0.3) is 0 Å². The predicted octanol–water partition coefficient (Wildman–Crippen LogP) is 2.53. The lowest BCUT2D eigenvalue weighted by Gasteiger charge is -2.30. The summed E-state index contributed by atoms with van der Waals surface area (Å²) in [5, 5.41) is 6.79. The molecule has 0 unspecified atom stereocenters. The second-order valence-corrected chi connectivity index (χ2v) is 7.24. The summed E-state index contributed by atoms with van der Waals surface area (Å²) >= 11 is 0. The van der Waals surface area contributed by atoms with Gasteiger partial charge in [0.05, 0.1) is 14.2 Å². The molecule has 0 saturated carbocycles. The number of guanidine groups is 1. The first-order valence-corrected chi connectivity index (χ1v) is 10.0. The first-order chi connectivity index (χ1) is 13.2. The normalized spacial score (nSPS) is 16.2. The van der Waals surface area contributed by atoms with Crippen LogP contribution >= 0.6 is 0 Å². The van der Waals surface area contributed by atoms with E-state index in [1.165, 1.54) is 38.0 Å². The third-order valence-corrected chi connectivity index (χ3v) is 5.20. The molecule has 1 aliphatic rings. The summed E-state index contributed by atoms with van der Waals surface area (Å²) in [6.45, 7) is 7.79. The van der Waals surface area contributed by atoms with Crippen molar-refractivity contribution in [1.29, 1.82) is 0 Å². The number of ether oxygens (including phenoxy) is 2. The van der Waals surface area contributed by atoms with Crippen molar-refractivity contribution in [1.82, 2.24) is 15.5 Å². The molecule has 6 heteroatoms. The lowest BCUT2D eigenvalue weighted by molar-refractivity contribution is 0.191. The molecule has 0 amide bonds. The number of nitrogens with zero attached hydrogens (tertiary/aromatic N) is 2. The van der Waals surface area contributed by atoms with Crippen LogP contribution in [-0.2, 0) is 6.42 Å². The van der Waals surface area contributed by atoms with Crippen molar-refractivity contribution in [2.45, 2.75) is 32.6 Å². The van der Waals surface area contributed by atoms with Crippen molar-refractivity contribution < 1.29 is 9.47 Å². The Morgan fingerprint density at radius 3 is 2.48 bits per heavy atom. The van der Waals surface area contributed by atoms with Gasteiger partial charge in [-0.1, -0.05) is 13.0 Å². The molecule has 1 aromatic carbocycles. The Labute approximate surface area is 164 Å². The maximum Gasteiger partial charge on any atom is 0.190 e. The van der Waals surface area contributed by atoms with Crippen LogP contribution in [0.2, 0.25) is 0 Å². The fourth-order valence-electron chi connectivity index (χ4n) is 3.38. The summed E-state index contributed by atoms with van der Waals surface area (Å²) in [4.78, 5) is 6.89. The van der Waals surface area contributed by atoms with Crippen LogP contribution in [0.1, 0.15) is 31.7 Å². The Morgan fingerprint density at radius 1 is 1.11 bits per heavy atom. The molecule has 0 aromatic heterocycles. The molecule has 1 heterocycles. The Morgan fingerprint density at radius 2 is 1.81 bits per heavy atom. The summed E-state index contributed by atoms with van der Waals surface area (Å²) in [6.07, 6.45) is 4.72. The van der Waals surface area contributed by atoms with Crippen LogP contribution in [0.4, 0.5) is 0 Å². The highest BCUT2D eigenvalue weighted by molar-refractivity contribution is 5.79. The Balaban J connectivity index is 1.64. The molecular weight excluding hydrogens is 340 g/mol. The van der Waals surface area contributed by atoms with Gasteiger partial charge in [0.2, 0.25) is 0 Å². The van der Waals surface area contributed by atoms with Gasteiger partial charge in [-0.25, -0.2) is 0 Å². The smallest absolute Gasteiger partial charge is 0.190 e. The molecule has 0 bridgehead atoms. The van der Waals surface area contributed by atoms with E-state index in [4.69, 9.17) is 9.47 Å². The number of hydrogen-bond acceptors (Lipinski definition) is 4. The average molecular weight is 377 g/mol. The summed E-state index contributed by atoms with van der Waals surface area (Å²) in [7, 11) is 5.13. The number of methoxy groups -OCH3 is 2. The van der Waals surface area contributed by atoms with E-state index in [0.717, 1.165) is 49.3 Å². The molecule has 27 heavy (non-hydrogen) atoms. The predicted molar refractivity (Wildman–Crippen MR) is 112 cm³/mol. The minimum Gasteiger partial charge on any atom is -0.493 e. The zero-order valence-electron chi connectivity index (χ0n) is 17.4. The zero-order chi connectivity index (χ0) is 19.5. The van der Waals surface area contributed by atoms with E-state index in [0.29, 0.717) is 0 Å². The van der Waals surface area contributed by atoms with Crippen molar-refractivity contribution in [3.05, 3.63) is 23.8 Å². The molecular formula is C21H36N4O2. The van der Waals surface area contributed by atoms with Crippen molar-refractivity contribution in [2.75, 3.05) is 54.0 Å². The molecule has 0 radical (unpaired) electrons. The molecule has 1 aliphatic heterocycles. The van der Waals surface area contributed by atoms with Gasteiger partial charge in [0.1, 0.15) is 0 Å². The molecule has 1 fully saturated rings. The van der Waals surface area contributed by atoms with Crippen LogP contribution in [0.25, 0.3) is 0 Å². The molecule has 0 spiro atoms. The zero-order valence-corrected chi connectivity index (χ0v) is 17.4. The fraction of sp³-hybridized carbons (Fsp3) is 0.667. The molecule has 1 saturated heterocycles. The van der Waals surface area contributed by atoms with Gasteiger partial charge in [0.15, 0.2) is 17.5 Å². The van der Waals surface area contributed by atoms with Gasteiger partial charge in [0, 0.05) is 20.1 Å². The lowest BCUT2D eigenvalue weighted by atomic mass is 9.99. The monoisotopic (exact) mass is 376 g/mol. The van der Waals surface area contributed by atoms with Crippen LogP contribution in [0.3, 0.4) is 0 Å². The van der Waals surface area contributed by atoms with Gasteiger partial charge in [-0.2, -0.15) is 0 Å². The number of benzene rings is 1. The largest absolute Gasteiger partial charge is 0.493 e. The van der Waals surface area contributed by atoms with Gasteiger partial charge in [-0.3, -0.25) is 4.99 Å². The lowest BCUT2D eigenvalue weighted by Crippen LogP contribution is -2.40. The van der Waals surface area contributed by atoms with Gasteiger partial charge >= 0.3 is 0 Å². The Bertz CT molecular complexity index is 584. The number of rotatable bonds is 9. The number of aliphatic imine (C=N–C) groups is 1. The van der Waals surface area contributed by atoms with Gasteiger partial charge in [-0.15, -0.1) is 0 Å². The second kappa shape index (κ2) is 11.7. The molecule has 0 atom stereocenters. The van der Waals surface area contributed by atoms with Crippen LogP contribution in [0.5, 0.6) is 11.5 Å². The summed E-state index contributed by atoms with van der Waals surface area (Å²) in [6, 6.07) is 6.04. The topological polar surface area (TPSA) is 58.1 Å². The third kappa shape index (κ3) is 7.29. The SMILES string of the molecule is CN=C(NCCCN1CCC(C)CC1)NCCc1ccc(OC)c(OC)c1. The number of nitrogens with one attached hydrogen (secondary N) is 2. The molecule has 0 aliphatic carbocycles. The summed E-state index contributed by atoms with van der Waals surface area (Å²) < 4.78 is 10.6. The number of hydrogen-bond donors (Lipinski definition) is 2. The molecule has 1 aromatic rings. The first-order valence-electron chi connectivity index (χ1n) is 10.0. The van der Waals surface area contributed by atoms with E-state index in [1.54, 1.807) is 14.2 Å². The summed E-state index contributed by atoms with van der Waals surface area (Å²) in [5.41, 5.74) is 1.20. The molecule has 6 nitrogen and oxygen atoms in total. The van der Waals surface area contributed by atoms with Crippen molar-refractivity contribution in [2.24, 2.45) is 10.9 Å². The van der Waals surface area contributed by atoms with E-state index < -0.39 is 0 Å². The van der Waals surface area contributed by atoms with E-state index >= 15 is 0 Å². The minimum atomic E-state index is 0.759. The Kier molecular flexibility index (Phi) is 9.25. The van der Waals surface area contributed by atoms with E-state index in [9.17, 15) is 0 Å². The quantitative estimate of drug-likeness (QED) is 0.394. The fourth-order valence-corrected chi connectivity index (χ4v) is 3.38. The van der Waals surface area contributed by atoms with Crippen molar-refractivity contribution >= 4 is 5.96 Å². The molecule has 2 N–H and O–H groups in total. The van der Waals surface area contributed by atoms with E-state index in [2.05, 4.69) is 33.5 Å². The number of piperidine rings is 1. The third-order valence-electron chi connectivity index (χ3n) is 5.20. The van der Waals surface area contributed by atoms with Crippen molar-refractivity contribution in [3.63, 3.8) is 0 Å².